The minimum absolute atomic E-state index is 0.939. The molecule has 4 rings (SSSR count). The summed E-state index contributed by atoms with van der Waals surface area (Å²) in [5.74, 6) is 0. The van der Waals surface area contributed by atoms with Crippen molar-refractivity contribution in [3.63, 3.8) is 0 Å². The number of imidazole rings is 1. The molecule has 4 heteroatoms. The molecule has 21 heavy (non-hydrogen) atoms. The van der Waals surface area contributed by atoms with Crippen molar-refractivity contribution in [2.75, 3.05) is 6.54 Å². The van der Waals surface area contributed by atoms with Crippen molar-refractivity contribution in [1.29, 1.82) is 0 Å². The van der Waals surface area contributed by atoms with E-state index in [4.69, 9.17) is 4.98 Å². The third-order valence-electron chi connectivity index (χ3n) is 3.63. The molecular weight excluding hydrogens is 278 g/mol. The van der Waals surface area contributed by atoms with Gasteiger partial charge >= 0.3 is 0 Å². The summed E-state index contributed by atoms with van der Waals surface area (Å²) in [4.78, 5) is 4.72. The molecule has 104 valence electrons. The highest BCUT2D eigenvalue weighted by Gasteiger charge is 2.22. The fraction of sp³-hybridized carbons (Fsp3) is 0.118. The van der Waals surface area contributed by atoms with Crippen LogP contribution in [0.4, 0.5) is 0 Å². The van der Waals surface area contributed by atoms with Crippen molar-refractivity contribution in [3.05, 3.63) is 60.2 Å². The van der Waals surface area contributed by atoms with Crippen LogP contribution >= 0.6 is 11.9 Å². The molecule has 2 heterocycles. The highest BCUT2D eigenvalue weighted by atomic mass is 32.2. The summed E-state index contributed by atoms with van der Waals surface area (Å²) in [7, 11) is 0. The number of aromatic nitrogens is 2. The molecule has 2 aromatic carbocycles. The number of rotatable bonds is 2. The minimum Gasteiger partial charge on any atom is -0.308 e. The second-order valence-corrected chi connectivity index (χ2v) is 5.91. The first-order valence-corrected chi connectivity index (χ1v) is 7.84. The molecule has 3 aromatic rings. The smallest absolute Gasteiger partial charge is 0.194 e. The van der Waals surface area contributed by atoms with Gasteiger partial charge in [-0.05, 0) is 19.1 Å². The molecule has 0 saturated heterocycles. The monoisotopic (exact) mass is 293 g/mol. The number of hydrogen-bond donors (Lipinski definition) is 0. The van der Waals surface area contributed by atoms with Crippen molar-refractivity contribution >= 4 is 34.9 Å². The predicted molar refractivity (Wildman–Crippen MR) is 88.6 cm³/mol. The lowest BCUT2D eigenvalue weighted by molar-refractivity contribution is 0.668. The maximum Gasteiger partial charge on any atom is 0.194 e. The zero-order valence-electron chi connectivity index (χ0n) is 11.7. The van der Waals surface area contributed by atoms with Gasteiger partial charge < -0.3 is 4.31 Å². The standard InChI is InChI=1S/C17H15N3S/c1-2-20-16(13-8-4-3-5-9-13)12-19-15-11-7-6-10-14(15)18-17(19)21-20/h3-12H,2H2,1H3. The van der Waals surface area contributed by atoms with E-state index >= 15 is 0 Å². The van der Waals surface area contributed by atoms with Gasteiger partial charge in [0.1, 0.15) is 0 Å². The Morgan fingerprint density at radius 3 is 2.57 bits per heavy atom. The number of para-hydroxylation sites is 2. The van der Waals surface area contributed by atoms with Gasteiger partial charge in [0.2, 0.25) is 0 Å². The molecule has 1 aromatic heterocycles. The van der Waals surface area contributed by atoms with E-state index in [-0.39, 0.29) is 0 Å². The molecule has 0 fully saturated rings. The summed E-state index contributed by atoms with van der Waals surface area (Å²) in [6.07, 6.45) is 2.19. The Hall–Kier alpha value is -2.20. The summed E-state index contributed by atoms with van der Waals surface area (Å²) in [5.41, 5.74) is 4.65. The summed E-state index contributed by atoms with van der Waals surface area (Å²) in [6.45, 7) is 3.11. The van der Waals surface area contributed by atoms with Crippen molar-refractivity contribution < 1.29 is 0 Å². The summed E-state index contributed by atoms with van der Waals surface area (Å²) in [5, 5.41) is 1.03. The van der Waals surface area contributed by atoms with Gasteiger partial charge in [-0.3, -0.25) is 4.57 Å². The highest BCUT2D eigenvalue weighted by Crippen LogP contribution is 2.38. The van der Waals surface area contributed by atoms with Crippen LogP contribution in [0.5, 0.6) is 0 Å². The number of hydrogen-bond acceptors (Lipinski definition) is 3. The van der Waals surface area contributed by atoms with Crippen molar-refractivity contribution in [3.8, 4) is 0 Å². The number of benzene rings is 2. The predicted octanol–water partition coefficient (Wildman–Crippen LogP) is 4.33. The first-order valence-electron chi connectivity index (χ1n) is 7.06. The van der Waals surface area contributed by atoms with Crippen LogP contribution in [-0.4, -0.2) is 20.4 Å². The maximum absolute atomic E-state index is 4.72. The maximum atomic E-state index is 4.72. The molecule has 0 saturated carbocycles. The second-order valence-electron chi connectivity index (χ2n) is 4.92. The second kappa shape index (κ2) is 4.97. The number of fused-ring (bicyclic) bond motifs is 3. The van der Waals surface area contributed by atoms with Crippen LogP contribution in [0.3, 0.4) is 0 Å². The van der Waals surface area contributed by atoms with E-state index in [0.29, 0.717) is 0 Å². The van der Waals surface area contributed by atoms with Gasteiger partial charge in [0, 0.05) is 30.3 Å². The SMILES string of the molecule is CCN1Sc2nc3ccccc3n2C=C1c1ccccc1. The molecule has 0 aliphatic carbocycles. The topological polar surface area (TPSA) is 21.1 Å². The summed E-state index contributed by atoms with van der Waals surface area (Å²) in [6, 6.07) is 18.8. The van der Waals surface area contributed by atoms with Gasteiger partial charge in [-0.2, -0.15) is 0 Å². The van der Waals surface area contributed by atoms with Crippen LogP contribution in [0, 0.1) is 0 Å². The molecule has 0 spiro atoms. The highest BCUT2D eigenvalue weighted by molar-refractivity contribution is 7.97. The van der Waals surface area contributed by atoms with Crippen LogP contribution in [0.15, 0.2) is 59.8 Å². The zero-order valence-corrected chi connectivity index (χ0v) is 12.5. The lowest BCUT2D eigenvalue weighted by atomic mass is 10.1. The molecule has 0 atom stereocenters. The number of nitrogens with zero attached hydrogens (tertiary/aromatic N) is 3. The summed E-state index contributed by atoms with van der Waals surface area (Å²) < 4.78 is 4.48. The molecule has 0 amide bonds. The summed E-state index contributed by atoms with van der Waals surface area (Å²) >= 11 is 1.70. The Labute approximate surface area is 128 Å². The lowest BCUT2D eigenvalue weighted by Gasteiger charge is -2.28. The molecule has 0 unspecified atom stereocenters. The van der Waals surface area contributed by atoms with E-state index in [0.717, 1.165) is 22.7 Å². The first-order chi connectivity index (χ1) is 10.4. The molecule has 0 N–H and O–H groups in total. The van der Waals surface area contributed by atoms with Crippen LogP contribution in [0.1, 0.15) is 12.5 Å². The van der Waals surface area contributed by atoms with E-state index in [9.17, 15) is 0 Å². The van der Waals surface area contributed by atoms with Gasteiger partial charge in [0.05, 0.1) is 16.7 Å². The Balaban J connectivity index is 1.93. The molecule has 1 aliphatic heterocycles. The van der Waals surface area contributed by atoms with Crippen molar-refractivity contribution in [2.45, 2.75) is 12.1 Å². The Bertz CT molecular complexity index is 820. The minimum atomic E-state index is 0.939. The van der Waals surface area contributed by atoms with Crippen molar-refractivity contribution in [2.24, 2.45) is 0 Å². The lowest BCUT2D eigenvalue weighted by Crippen LogP contribution is -2.18. The molecule has 0 radical (unpaired) electrons. The molecular formula is C17H15N3S. The van der Waals surface area contributed by atoms with E-state index in [1.165, 1.54) is 11.3 Å². The third-order valence-corrected chi connectivity index (χ3v) is 4.76. The van der Waals surface area contributed by atoms with E-state index in [1.54, 1.807) is 11.9 Å². The van der Waals surface area contributed by atoms with Gasteiger partial charge in [0.15, 0.2) is 5.16 Å². The Kier molecular flexibility index (Phi) is 2.97. The van der Waals surface area contributed by atoms with E-state index in [1.807, 2.05) is 12.1 Å². The Morgan fingerprint density at radius 2 is 1.76 bits per heavy atom. The zero-order chi connectivity index (χ0) is 14.2. The van der Waals surface area contributed by atoms with E-state index < -0.39 is 0 Å². The van der Waals surface area contributed by atoms with Crippen LogP contribution < -0.4 is 0 Å². The average Bonchev–Trinajstić information content (AvgIpc) is 2.92. The van der Waals surface area contributed by atoms with Crippen molar-refractivity contribution in [1.82, 2.24) is 13.9 Å². The van der Waals surface area contributed by atoms with Gasteiger partial charge in [-0.15, -0.1) is 0 Å². The fourth-order valence-corrected chi connectivity index (χ4v) is 3.56. The third kappa shape index (κ3) is 2.03. The fourth-order valence-electron chi connectivity index (χ4n) is 2.61. The van der Waals surface area contributed by atoms with Gasteiger partial charge in [-0.1, -0.05) is 42.5 Å². The van der Waals surface area contributed by atoms with Gasteiger partial charge in [0.25, 0.3) is 0 Å². The van der Waals surface area contributed by atoms with Crippen LogP contribution in [-0.2, 0) is 0 Å². The Morgan fingerprint density at radius 1 is 1.00 bits per heavy atom. The van der Waals surface area contributed by atoms with Crippen LogP contribution in [0.25, 0.3) is 22.9 Å². The molecule has 0 bridgehead atoms. The average molecular weight is 293 g/mol. The molecule has 3 nitrogen and oxygen atoms in total. The van der Waals surface area contributed by atoms with Gasteiger partial charge in [-0.25, -0.2) is 4.98 Å². The largest absolute Gasteiger partial charge is 0.308 e. The first kappa shape index (κ1) is 12.5. The quantitative estimate of drug-likeness (QED) is 0.656. The van der Waals surface area contributed by atoms with Crippen LogP contribution in [0.2, 0.25) is 0 Å². The normalized spacial score (nSPS) is 14.1. The molecule has 1 aliphatic rings. The van der Waals surface area contributed by atoms with E-state index in [2.05, 4.69) is 64.5 Å².